The quantitative estimate of drug-likeness (QED) is 0.806. The van der Waals surface area contributed by atoms with E-state index >= 15 is 0 Å². The van der Waals surface area contributed by atoms with Crippen LogP contribution in [0.25, 0.3) is 0 Å². The predicted octanol–water partition coefficient (Wildman–Crippen LogP) is 2.20. The zero-order valence-electron chi connectivity index (χ0n) is 12.1. The summed E-state index contributed by atoms with van der Waals surface area (Å²) >= 11 is 1.69. The molecule has 0 fully saturated rings. The molecule has 1 amide bonds. The fourth-order valence-electron chi connectivity index (χ4n) is 2.86. The molecule has 1 N–H and O–H groups in total. The summed E-state index contributed by atoms with van der Waals surface area (Å²) in [5.41, 5.74) is 2.11. The summed E-state index contributed by atoms with van der Waals surface area (Å²) in [4.78, 5) is 13.3. The first-order valence-corrected chi connectivity index (χ1v) is 7.95. The van der Waals surface area contributed by atoms with Gasteiger partial charge in [-0.2, -0.15) is 10.2 Å². The fraction of sp³-hybridized carbons (Fsp3) is 0.267. The highest BCUT2D eigenvalue weighted by molar-refractivity contribution is 7.09. The Hall–Kier alpha value is -2.41. The molecule has 0 saturated heterocycles. The van der Waals surface area contributed by atoms with Crippen molar-refractivity contribution >= 4 is 23.1 Å². The van der Waals surface area contributed by atoms with E-state index in [2.05, 4.69) is 21.6 Å². The van der Waals surface area contributed by atoms with Gasteiger partial charge in [0.15, 0.2) is 0 Å². The molecule has 0 spiro atoms. The molecule has 3 aromatic rings. The van der Waals surface area contributed by atoms with E-state index in [-0.39, 0.29) is 11.8 Å². The maximum Gasteiger partial charge on any atom is 0.226 e. The molecule has 22 heavy (non-hydrogen) atoms. The second-order valence-electron chi connectivity index (χ2n) is 5.44. The number of aromatic nitrogens is 4. The highest BCUT2D eigenvalue weighted by atomic mass is 32.1. The molecule has 0 bridgehead atoms. The van der Waals surface area contributed by atoms with Gasteiger partial charge in [0.1, 0.15) is 5.82 Å². The molecule has 4 rings (SSSR count). The van der Waals surface area contributed by atoms with Crippen LogP contribution in [0.5, 0.6) is 0 Å². The minimum atomic E-state index is 0.0225. The summed E-state index contributed by atoms with van der Waals surface area (Å²) < 4.78 is 3.62. The number of hydrogen-bond acceptors (Lipinski definition) is 4. The Morgan fingerprint density at radius 2 is 2.32 bits per heavy atom. The first-order valence-electron chi connectivity index (χ1n) is 7.07. The number of anilines is 1. The Morgan fingerprint density at radius 3 is 3.05 bits per heavy atom. The summed E-state index contributed by atoms with van der Waals surface area (Å²) in [6.45, 7) is 0.674. The Labute approximate surface area is 131 Å². The van der Waals surface area contributed by atoms with E-state index in [0.717, 1.165) is 16.9 Å². The molecule has 1 atom stereocenters. The molecule has 0 saturated carbocycles. The standard InChI is InChI=1S/C15H15N5OS/c1-19-8-10(6-16-19)12-5-14(21)18-15-13(12)7-17-20(15)9-11-3-2-4-22-11/h2-4,6-8,12H,5,9H2,1H3,(H,18,21). The lowest BCUT2D eigenvalue weighted by molar-refractivity contribution is -0.116. The lowest BCUT2D eigenvalue weighted by Gasteiger charge is -2.22. The predicted molar refractivity (Wildman–Crippen MR) is 83.9 cm³/mol. The Balaban J connectivity index is 1.72. The van der Waals surface area contributed by atoms with Gasteiger partial charge in [0, 0.05) is 36.0 Å². The maximum atomic E-state index is 12.1. The number of carbonyl (C=O) groups is 1. The summed E-state index contributed by atoms with van der Waals surface area (Å²) in [5, 5.41) is 13.7. The number of nitrogens with zero attached hydrogens (tertiary/aromatic N) is 4. The number of hydrogen-bond donors (Lipinski definition) is 1. The van der Waals surface area contributed by atoms with E-state index in [1.807, 2.05) is 41.8 Å². The topological polar surface area (TPSA) is 64.7 Å². The van der Waals surface area contributed by atoms with E-state index in [4.69, 9.17) is 0 Å². The number of rotatable bonds is 3. The molecule has 3 aromatic heterocycles. The number of amides is 1. The van der Waals surface area contributed by atoms with Crippen molar-refractivity contribution in [1.82, 2.24) is 19.6 Å². The van der Waals surface area contributed by atoms with Gasteiger partial charge in [0.2, 0.25) is 5.91 Å². The summed E-state index contributed by atoms with van der Waals surface area (Å²) in [5.74, 6) is 0.849. The van der Waals surface area contributed by atoms with Crippen LogP contribution < -0.4 is 5.32 Å². The van der Waals surface area contributed by atoms with E-state index in [9.17, 15) is 4.79 Å². The molecule has 1 aliphatic rings. The molecule has 4 heterocycles. The number of thiophene rings is 1. The summed E-state index contributed by atoms with van der Waals surface area (Å²) in [7, 11) is 1.88. The van der Waals surface area contributed by atoms with Gasteiger partial charge in [-0.05, 0) is 17.0 Å². The maximum absolute atomic E-state index is 12.1. The van der Waals surface area contributed by atoms with Crippen molar-refractivity contribution in [3.05, 3.63) is 52.1 Å². The highest BCUT2D eigenvalue weighted by Crippen LogP contribution is 2.37. The molecular weight excluding hydrogens is 298 g/mol. The van der Waals surface area contributed by atoms with Crippen LogP contribution in [0.15, 0.2) is 36.1 Å². The molecule has 0 radical (unpaired) electrons. The molecule has 0 aliphatic carbocycles. The molecule has 0 aromatic carbocycles. The first-order chi connectivity index (χ1) is 10.7. The smallest absolute Gasteiger partial charge is 0.226 e. The Morgan fingerprint density at radius 1 is 1.41 bits per heavy atom. The fourth-order valence-corrected chi connectivity index (χ4v) is 3.54. The van der Waals surface area contributed by atoms with E-state index in [0.29, 0.717) is 13.0 Å². The van der Waals surface area contributed by atoms with E-state index in [1.54, 1.807) is 16.0 Å². The number of aryl methyl sites for hydroxylation is 1. The first kappa shape index (κ1) is 13.3. The van der Waals surface area contributed by atoms with Crippen LogP contribution in [0, 0.1) is 0 Å². The SMILES string of the molecule is Cn1cc(C2CC(=O)Nc3c2cnn3Cc2cccs2)cn1. The zero-order chi connectivity index (χ0) is 15.1. The molecule has 7 heteroatoms. The molecule has 6 nitrogen and oxygen atoms in total. The monoisotopic (exact) mass is 313 g/mol. The van der Waals surface area contributed by atoms with Gasteiger partial charge in [-0.15, -0.1) is 11.3 Å². The largest absolute Gasteiger partial charge is 0.311 e. The van der Waals surface area contributed by atoms with Gasteiger partial charge in [-0.1, -0.05) is 6.07 Å². The van der Waals surface area contributed by atoms with Crippen molar-refractivity contribution in [3.8, 4) is 0 Å². The van der Waals surface area contributed by atoms with E-state index in [1.165, 1.54) is 4.88 Å². The van der Waals surface area contributed by atoms with Crippen LogP contribution in [0.2, 0.25) is 0 Å². The van der Waals surface area contributed by atoms with Gasteiger partial charge in [-0.3, -0.25) is 9.48 Å². The number of fused-ring (bicyclic) bond motifs is 1. The molecular formula is C15H15N5OS. The van der Waals surface area contributed by atoms with Crippen molar-refractivity contribution in [2.24, 2.45) is 7.05 Å². The Kier molecular flexibility index (Phi) is 3.07. The summed E-state index contributed by atoms with van der Waals surface area (Å²) in [6.07, 6.45) is 6.08. The van der Waals surface area contributed by atoms with Gasteiger partial charge in [0.25, 0.3) is 0 Å². The van der Waals surface area contributed by atoms with Crippen LogP contribution >= 0.6 is 11.3 Å². The van der Waals surface area contributed by atoms with Gasteiger partial charge in [0.05, 0.1) is 18.9 Å². The van der Waals surface area contributed by atoms with Crippen molar-refractivity contribution in [2.45, 2.75) is 18.9 Å². The third kappa shape index (κ3) is 2.23. The average Bonchev–Trinajstić information content (AvgIpc) is 3.21. The lowest BCUT2D eigenvalue weighted by atomic mass is 9.89. The van der Waals surface area contributed by atoms with E-state index < -0.39 is 0 Å². The highest BCUT2D eigenvalue weighted by Gasteiger charge is 2.30. The third-order valence-electron chi connectivity index (χ3n) is 3.90. The zero-order valence-corrected chi connectivity index (χ0v) is 12.9. The van der Waals surface area contributed by atoms with Crippen LogP contribution in [0.4, 0.5) is 5.82 Å². The summed E-state index contributed by atoms with van der Waals surface area (Å²) in [6, 6.07) is 4.09. The van der Waals surface area contributed by atoms with Crippen LogP contribution in [-0.4, -0.2) is 25.5 Å². The molecule has 1 aliphatic heterocycles. The van der Waals surface area contributed by atoms with Crippen molar-refractivity contribution < 1.29 is 4.79 Å². The minimum absolute atomic E-state index is 0.0225. The van der Waals surface area contributed by atoms with Crippen LogP contribution in [-0.2, 0) is 18.4 Å². The van der Waals surface area contributed by atoms with Crippen molar-refractivity contribution in [1.29, 1.82) is 0 Å². The van der Waals surface area contributed by atoms with Gasteiger partial charge < -0.3 is 5.32 Å². The van der Waals surface area contributed by atoms with Crippen LogP contribution in [0.3, 0.4) is 0 Å². The van der Waals surface area contributed by atoms with Gasteiger partial charge in [-0.25, -0.2) is 4.68 Å². The molecule has 112 valence electrons. The number of carbonyl (C=O) groups excluding carboxylic acids is 1. The van der Waals surface area contributed by atoms with Crippen LogP contribution in [0.1, 0.15) is 28.3 Å². The lowest BCUT2D eigenvalue weighted by Crippen LogP contribution is -2.24. The second-order valence-corrected chi connectivity index (χ2v) is 6.47. The Bertz CT molecular complexity index is 817. The van der Waals surface area contributed by atoms with Crippen molar-refractivity contribution in [3.63, 3.8) is 0 Å². The third-order valence-corrected chi connectivity index (χ3v) is 4.76. The molecule has 1 unspecified atom stereocenters. The number of nitrogens with one attached hydrogen (secondary N) is 1. The second kappa shape index (κ2) is 5.10. The van der Waals surface area contributed by atoms with Gasteiger partial charge >= 0.3 is 0 Å². The minimum Gasteiger partial charge on any atom is -0.311 e. The average molecular weight is 313 g/mol. The van der Waals surface area contributed by atoms with Crippen molar-refractivity contribution in [2.75, 3.05) is 5.32 Å². The normalized spacial score (nSPS) is 17.3.